The van der Waals surface area contributed by atoms with E-state index in [2.05, 4.69) is 5.32 Å². The van der Waals surface area contributed by atoms with Crippen molar-refractivity contribution < 1.29 is 19.5 Å². The summed E-state index contributed by atoms with van der Waals surface area (Å²) in [7, 11) is -2.75. The van der Waals surface area contributed by atoms with E-state index in [4.69, 9.17) is 17.3 Å². The number of hydrogen-bond acceptors (Lipinski definition) is 4. The van der Waals surface area contributed by atoms with Gasteiger partial charge in [-0.25, -0.2) is 0 Å². The Hall–Kier alpha value is -1.19. The predicted octanol–water partition coefficient (Wildman–Crippen LogP) is 0.682. The molecule has 6 nitrogen and oxygen atoms in total. The van der Waals surface area contributed by atoms with E-state index in [0.29, 0.717) is 21.4 Å². The van der Waals surface area contributed by atoms with E-state index in [1.54, 1.807) is 11.6 Å². The van der Waals surface area contributed by atoms with Crippen LogP contribution in [0.2, 0.25) is 0 Å². The lowest BCUT2D eigenvalue weighted by molar-refractivity contribution is -0.139. The summed E-state index contributed by atoms with van der Waals surface area (Å²) >= 11 is 5.45. The van der Waals surface area contributed by atoms with E-state index in [1.165, 1.54) is 0 Å². The molecule has 2 N–H and O–H groups in total. The van der Waals surface area contributed by atoms with Crippen LogP contribution in [-0.2, 0) is 27.2 Å². The van der Waals surface area contributed by atoms with Gasteiger partial charge in [0.15, 0.2) is 0 Å². The molecule has 2 heterocycles. The number of aliphatic carboxylic acids is 1. The second-order valence-corrected chi connectivity index (χ2v) is 11.8. The van der Waals surface area contributed by atoms with Crippen LogP contribution in [0.15, 0.2) is 11.6 Å². The molecule has 2 unspecified atom stereocenters. The van der Waals surface area contributed by atoms with Crippen molar-refractivity contribution in [2.75, 3.05) is 12.3 Å². The van der Waals surface area contributed by atoms with Crippen LogP contribution < -0.4 is 5.32 Å². The summed E-state index contributed by atoms with van der Waals surface area (Å²) in [5.74, 6) is -0.873. The molecule has 2 aliphatic heterocycles. The zero-order chi connectivity index (χ0) is 15.8. The summed E-state index contributed by atoms with van der Waals surface area (Å²) in [6, 6.07) is 0. The molecule has 0 fully saturated rings. The van der Waals surface area contributed by atoms with Gasteiger partial charge in [0, 0.05) is 11.1 Å². The summed E-state index contributed by atoms with van der Waals surface area (Å²) < 4.78 is 0.333. The van der Waals surface area contributed by atoms with E-state index in [9.17, 15) is 14.4 Å². The molecule has 0 radical (unpaired) electrons. The number of thiocarbonyl (C=S) groups is 1. The molecule has 2 atom stereocenters. The molecule has 0 aromatic rings. The highest BCUT2D eigenvalue weighted by atomic mass is 32.9. The van der Waals surface area contributed by atoms with E-state index in [0.717, 1.165) is 4.90 Å². The van der Waals surface area contributed by atoms with Crippen LogP contribution in [0.25, 0.3) is 0 Å². The number of carbonyl (C=O) groups is 3. The van der Waals surface area contributed by atoms with Crippen molar-refractivity contribution in [2.45, 2.75) is 20.3 Å². The molecule has 9 heteroatoms. The monoisotopic (exact) mass is 348 g/mol. The minimum absolute atomic E-state index is 0.148. The van der Waals surface area contributed by atoms with Crippen molar-refractivity contribution in [3.05, 3.63) is 11.6 Å². The molecule has 116 valence electrons. The fraction of sp³-hybridized carbons (Fsp3) is 0.417. The highest BCUT2D eigenvalue weighted by Crippen LogP contribution is 2.24. The standard InChI is InChI=1S/C12H16N2O4S3/c1-3-8-10(17)14(7-9(15)16)12(19)21(8,4-2)20-6-5-13-11(20)18/h5-6H,3-4,7H2,1-2H3,(H,13,18)(H,15,16). The number of nitrogens with one attached hydrogen (secondary N) is 1. The molecule has 0 saturated carbocycles. The summed E-state index contributed by atoms with van der Waals surface area (Å²) in [5, 5.41) is 13.2. The molecule has 0 aromatic heterocycles. The predicted molar refractivity (Wildman–Crippen MR) is 90.2 cm³/mol. The number of amides is 2. The minimum Gasteiger partial charge on any atom is -0.480 e. The zero-order valence-electron chi connectivity index (χ0n) is 11.6. The van der Waals surface area contributed by atoms with Crippen LogP contribution >= 0.6 is 12.2 Å². The zero-order valence-corrected chi connectivity index (χ0v) is 14.1. The maximum atomic E-state index is 12.5. The van der Waals surface area contributed by atoms with Gasteiger partial charge >= 0.3 is 5.97 Å². The van der Waals surface area contributed by atoms with Gasteiger partial charge in [-0.2, -0.15) is 0 Å². The molecule has 0 aromatic carbocycles. The Kier molecular flexibility index (Phi) is 4.54. The summed E-state index contributed by atoms with van der Waals surface area (Å²) in [6.45, 7) is 3.30. The lowest BCUT2D eigenvalue weighted by Crippen LogP contribution is -2.38. The molecule has 0 spiro atoms. The lowest BCUT2D eigenvalue weighted by atomic mass is 10.3. The number of hydrogen-bond donors (Lipinski definition) is 2. The van der Waals surface area contributed by atoms with Gasteiger partial charge in [-0.1, -0.05) is 26.1 Å². The van der Waals surface area contributed by atoms with Crippen molar-refractivity contribution in [1.82, 2.24) is 10.2 Å². The third-order valence-corrected chi connectivity index (χ3v) is 13.4. The van der Waals surface area contributed by atoms with Gasteiger partial charge in [-0.3, -0.25) is 19.3 Å². The van der Waals surface area contributed by atoms with Gasteiger partial charge in [0.25, 0.3) is 11.1 Å². The summed E-state index contributed by atoms with van der Waals surface area (Å²) in [4.78, 5) is 37.4. The molecule has 0 bridgehead atoms. The van der Waals surface area contributed by atoms with E-state index < -0.39 is 30.1 Å². The Balaban J connectivity index is 2.80. The molecular weight excluding hydrogens is 332 g/mol. The fourth-order valence-corrected chi connectivity index (χ4v) is 12.0. The van der Waals surface area contributed by atoms with Crippen LogP contribution in [0.4, 0.5) is 4.79 Å². The third-order valence-electron chi connectivity index (χ3n) is 3.29. The molecular formula is C12H16N2O4S3. The van der Waals surface area contributed by atoms with Crippen LogP contribution in [-0.4, -0.2) is 48.6 Å². The number of carboxylic acids is 1. The second kappa shape index (κ2) is 5.90. The third kappa shape index (κ3) is 2.33. The fourth-order valence-electron chi connectivity index (χ4n) is 2.43. The van der Waals surface area contributed by atoms with Crippen molar-refractivity contribution >= 4 is 56.1 Å². The average Bonchev–Trinajstić information content (AvgIpc) is 2.94. The van der Waals surface area contributed by atoms with Gasteiger partial charge in [0.05, 0.1) is 0 Å². The SMILES string of the molecule is CCC1=S(CC)(=S2C=CNC2=O)C(=S)N(CC(=O)O)C1=O. The first kappa shape index (κ1) is 16.2. The van der Waals surface area contributed by atoms with Crippen molar-refractivity contribution in [3.63, 3.8) is 0 Å². The van der Waals surface area contributed by atoms with Crippen molar-refractivity contribution in [2.24, 2.45) is 0 Å². The van der Waals surface area contributed by atoms with Crippen LogP contribution in [0.5, 0.6) is 0 Å². The molecule has 21 heavy (non-hydrogen) atoms. The first-order valence-corrected chi connectivity index (χ1v) is 10.4. The maximum absolute atomic E-state index is 12.5. The van der Waals surface area contributed by atoms with E-state index >= 15 is 0 Å². The quantitative estimate of drug-likeness (QED) is 0.730. The highest BCUT2D eigenvalue weighted by Gasteiger charge is 2.40. The van der Waals surface area contributed by atoms with Crippen molar-refractivity contribution in [3.8, 4) is 0 Å². The first-order chi connectivity index (χ1) is 9.90. The van der Waals surface area contributed by atoms with Crippen LogP contribution in [0.3, 0.4) is 0 Å². The topological polar surface area (TPSA) is 86.7 Å². The van der Waals surface area contributed by atoms with Crippen molar-refractivity contribution in [1.29, 1.82) is 0 Å². The average molecular weight is 348 g/mol. The Morgan fingerprint density at radius 3 is 2.57 bits per heavy atom. The molecule has 2 amide bonds. The lowest BCUT2D eigenvalue weighted by Gasteiger charge is -2.20. The molecule has 2 rings (SSSR count). The number of rotatable bonds is 4. The summed E-state index contributed by atoms with van der Waals surface area (Å²) in [5.41, 5.74) is 0. The van der Waals surface area contributed by atoms with E-state index in [-0.39, 0.29) is 11.1 Å². The van der Waals surface area contributed by atoms with Gasteiger partial charge in [-0.05, 0) is 27.0 Å². The Morgan fingerprint density at radius 1 is 1.48 bits per heavy atom. The normalized spacial score (nSPS) is 28.5. The maximum Gasteiger partial charge on any atom is 0.323 e. The Bertz CT molecular complexity index is 714. The van der Waals surface area contributed by atoms with Gasteiger partial charge in [-0.15, -0.1) is 8.18 Å². The first-order valence-electron chi connectivity index (χ1n) is 6.35. The minimum atomic E-state index is -1.95. The van der Waals surface area contributed by atoms with Gasteiger partial charge in [0.1, 0.15) is 10.9 Å². The summed E-state index contributed by atoms with van der Waals surface area (Å²) in [6.07, 6.45) is 2.05. The number of nitrogens with zero attached hydrogens (tertiary/aromatic N) is 1. The largest absolute Gasteiger partial charge is 0.480 e. The molecule has 0 aliphatic carbocycles. The van der Waals surface area contributed by atoms with E-state index in [1.807, 2.05) is 13.8 Å². The second-order valence-electron chi connectivity index (χ2n) is 4.32. The van der Waals surface area contributed by atoms with Crippen LogP contribution in [0.1, 0.15) is 20.3 Å². The Labute approximate surface area is 130 Å². The van der Waals surface area contributed by atoms with Gasteiger partial charge < -0.3 is 10.4 Å². The Morgan fingerprint density at radius 2 is 2.14 bits per heavy atom. The smallest absolute Gasteiger partial charge is 0.323 e. The number of carbonyl (C=O) groups excluding carboxylic acids is 2. The van der Waals surface area contributed by atoms with Gasteiger partial charge in [0.2, 0.25) is 0 Å². The highest BCUT2D eigenvalue weighted by molar-refractivity contribution is 8.66. The van der Waals surface area contributed by atoms with Crippen LogP contribution in [0, 0.1) is 0 Å². The molecule has 0 saturated heterocycles. The number of carboxylic acid groups (broad SMARTS) is 1. The molecule has 2 aliphatic rings.